The van der Waals surface area contributed by atoms with Crippen LogP contribution in [0.5, 0.6) is 5.75 Å². The van der Waals surface area contributed by atoms with Gasteiger partial charge < -0.3 is 23.6 Å². The second-order valence-electron chi connectivity index (χ2n) is 9.82. The van der Waals surface area contributed by atoms with E-state index in [4.69, 9.17) is 9.26 Å². The fourth-order valence-corrected chi connectivity index (χ4v) is 5.45. The molecule has 1 aromatic carbocycles. The van der Waals surface area contributed by atoms with Crippen molar-refractivity contribution in [1.82, 2.24) is 29.3 Å². The first-order valence-electron chi connectivity index (χ1n) is 12.3. The van der Waals surface area contributed by atoms with Crippen LogP contribution in [0.2, 0.25) is 0 Å². The monoisotopic (exact) mass is 500 g/mol. The molecule has 10 heteroatoms. The third-order valence-electron chi connectivity index (χ3n) is 7.43. The molecule has 1 unspecified atom stereocenters. The van der Waals surface area contributed by atoms with E-state index < -0.39 is 5.66 Å². The number of benzene rings is 1. The Morgan fingerprint density at radius 2 is 1.92 bits per heavy atom. The SMILES string of the molecule is COc1ccc(C23Cn4cc(-c5cnn(C(C)C)c5)cc4C(=O)N2CCN3C(=O)c2conc2C)cc1. The van der Waals surface area contributed by atoms with Crippen molar-refractivity contribution in [3.8, 4) is 16.9 Å². The molecule has 3 aromatic heterocycles. The van der Waals surface area contributed by atoms with Crippen LogP contribution in [-0.4, -0.2) is 61.3 Å². The molecule has 1 fully saturated rings. The lowest BCUT2D eigenvalue weighted by atomic mass is 9.93. The Morgan fingerprint density at radius 3 is 2.57 bits per heavy atom. The maximum absolute atomic E-state index is 14.0. The summed E-state index contributed by atoms with van der Waals surface area (Å²) in [5.74, 6) is 0.353. The number of carbonyl (C=O) groups is 2. The molecule has 2 aliphatic heterocycles. The van der Waals surface area contributed by atoms with Gasteiger partial charge in [0.2, 0.25) is 0 Å². The van der Waals surface area contributed by atoms with Crippen molar-refractivity contribution in [2.24, 2.45) is 0 Å². The van der Waals surface area contributed by atoms with Crippen LogP contribution in [0.3, 0.4) is 0 Å². The van der Waals surface area contributed by atoms with Crippen LogP contribution in [0.15, 0.2) is 59.7 Å². The largest absolute Gasteiger partial charge is 0.497 e. The first-order chi connectivity index (χ1) is 17.8. The van der Waals surface area contributed by atoms with E-state index in [0.717, 1.165) is 16.7 Å². The molecule has 0 spiro atoms. The maximum atomic E-state index is 14.0. The molecule has 2 aliphatic rings. The van der Waals surface area contributed by atoms with Crippen LogP contribution in [0.4, 0.5) is 0 Å². The number of aromatic nitrogens is 4. The van der Waals surface area contributed by atoms with Crippen molar-refractivity contribution < 1.29 is 18.8 Å². The summed E-state index contributed by atoms with van der Waals surface area (Å²) in [6, 6.07) is 9.71. The van der Waals surface area contributed by atoms with E-state index in [9.17, 15) is 9.59 Å². The van der Waals surface area contributed by atoms with Crippen LogP contribution in [0, 0.1) is 6.92 Å². The van der Waals surface area contributed by atoms with Crippen molar-refractivity contribution in [2.45, 2.75) is 39.0 Å². The highest BCUT2D eigenvalue weighted by Gasteiger charge is 2.56. The van der Waals surface area contributed by atoms with Gasteiger partial charge in [0.05, 0.1) is 25.5 Å². The summed E-state index contributed by atoms with van der Waals surface area (Å²) in [5, 5.41) is 8.36. The highest BCUT2D eigenvalue weighted by Crippen LogP contribution is 2.45. The summed E-state index contributed by atoms with van der Waals surface area (Å²) in [7, 11) is 1.61. The van der Waals surface area contributed by atoms with Gasteiger partial charge >= 0.3 is 0 Å². The lowest BCUT2D eigenvalue weighted by Gasteiger charge is -2.47. The molecule has 190 valence electrons. The number of aryl methyl sites for hydroxylation is 1. The summed E-state index contributed by atoms with van der Waals surface area (Å²) in [6.45, 7) is 7.06. The van der Waals surface area contributed by atoms with Gasteiger partial charge in [-0.05, 0) is 39.0 Å². The van der Waals surface area contributed by atoms with Crippen LogP contribution >= 0.6 is 0 Å². The molecule has 10 nitrogen and oxygen atoms in total. The van der Waals surface area contributed by atoms with E-state index in [2.05, 4.69) is 24.1 Å². The fraction of sp³-hybridized carbons (Fsp3) is 0.333. The molecule has 0 radical (unpaired) electrons. The normalized spacial score (nSPS) is 18.9. The number of amides is 2. The summed E-state index contributed by atoms with van der Waals surface area (Å²) < 4.78 is 14.3. The van der Waals surface area contributed by atoms with Gasteiger partial charge in [0.1, 0.15) is 23.3 Å². The molecule has 5 heterocycles. The molecular formula is C27H28N6O4. The molecule has 6 rings (SSSR count). The van der Waals surface area contributed by atoms with Gasteiger partial charge in [-0.25, -0.2) is 0 Å². The smallest absolute Gasteiger partial charge is 0.272 e. The summed E-state index contributed by atoms with van der Waals surface area (Å²) >= 11 is 0. The van der Waals surface area contributed by atoms with E-state index in [1.165, 1.54) is 6.26 Å². The second-order valence-corrected chi connectivity index (χ2v) is 9.82. The zero-order chi connectivity index (χ0) is 25.9. The van der Waals surface area contributed by atoms with Gasteiger partial charge in [-0.15, -0.1) is 0 Å². The number of hydrogen-bond donors (Lipinski definition) is 0. The van der Waals surface area contributed by atoms with E-state index in [1.54, 1.807) is 18.9 Å². The standard InChI is InChI=1S/C27H28N6O4/c1-17(2)33-14-20(12-28-33)19-11-24-26(35)32-10-9-31(25(34)23-15-37-29-18(23)3)27(32,16-30(24)13-19)21-5-7-22(36-4)8-6-21/h5-8,11-15,17H,9-10,16H2,1-4H3. The lowest BCUT2D eigenvalue weighted by molar-refractivity contribution is -0.00597. The fourth-order valence-electron chi connectivity index (χ4n) is 5.45. The van der Waals surface area contributed by atoms with Crippen LogP contribution in [0.25, 0.3) is 11.1 Å². The molecule has 2 amide bonds. The first-order valence-corrected chi connectivity index (χ1v) is 12.3. The average molecular weight is 501 g/mol. The number of methoxy groups -OCH3 is 1. The number of fused-ring (bicyclic) bond motifs is 2. The summed E-state index contributed by atoms with van der Waals surface area (Å²) in [4.78, 5) is 31.4. The van der Waals surface area contributed by atoms with Gasteiger partial charge in [-0.3, -0.25) is 14.3 Å². The van der Waals surface area contributed by atoms with E-state index in [0.29, 0.717) is 42.3 Å². The number of nitrogens with zero attached hydrogens (tertiary/aromatic N) is 6. The van der Waals surface area contributed by atoms with Crippen LogP contribution < -0.4 is 4.74 Å². The third kappa shape index (κ3) is 3.39. The Balaban J connectivity index is 1.48. The van der Waals surface area contributed by atoms with Gasteiger partial charge in [-0.1, -0.05) is 17.3 Å². The van der Waals surface area contributed by atoms with Gasteiger partial charge in [-0.2, -0.15) is 5.10 Å². The van der Waals surface area contributed by atoms with E-state index >= 15 is 0 Å². The minimum absolute atomic E-state index is 0.123. The number of carbonyl (C=O) groups excluding carboxylic acids is 2. The molecule has 0 aliphatic carbocycles. The van der Waals surface area contributed by atoms with E-state index in [-0.39, 0.29) is 17.9 Å². The van der Waals surface area contributed by atoms with Crippen LogP contribution in [0.1, 0.15) is 52.0 Å². The summed E-state index contributed by atoms with van der Waals surface area (Å²) in [5.41, 5.74) is 3.16. The zero-order valence-electron chi connectivity index (χ0n) is 21.2. The highest BCUT2D eigenvalue weighted by atomic mass is 16.5. The molecular weight excluding hydrogens is 472 g/mol. The van der Waals surface area contributed by atoms with Crippen LogP contribution in [-0.2, 0) is 12.2 Å². The molecule has 1 saturated heterocycles. The maximum Gasteiger partial charge on any atom is 0.272 e. The highest BCUT2D eigenvalue weighted by molar-refractivity contribution is 5.99. The molecule has 1 atom stereocenters. The number of rotatable bonds is 5. The second kappa shape index (κ2) is 8.36. The minimum atomic E-state index is -1.02. The Morgan fingerprint density at radius 1 is 1.14 bits per heavy atom. The van der Waals surface area contributed by atoms with E-state index in [1.807, 2.05) is 63.1 Å². The zero-order valence-corrected chi connectivity index (χ0v) is 21.2. The third-order valence-corrected chi connectivity index (χ3v) is 7.43. The minimum Gasteiger partial charge on any atom is -0.497 e. The molecule has 4 aromatic rings. The average Bonchev–Trinajstić information content (AvgIpc) is 3.68. The van der Waals surface area contributed by atoms with Crippen molar-refractivity contribution in [2.75, 3.05) is 20.2 Å². The number of ether oxygens (including phenoxy) is 1. The Labute approximate surface area is 214 Å². The topological polar surface area (TPSA) is 98.6 Å². The van der Waals surface area contributed by atoms with Crippen molar-refractivity contribution >= 4 is 11.8 Å². The summed E-state index contributed by atoms with van der Waals surface area (Å²) in [6.07, 6.45) is 7.15. The quantitative estimate of drug-likeness (QED) is 0.414. The molecule has 0 N–H and O–H groups in total. The Kier molecular flexibility index (Phi) is 5.22. The molecule has 0 bridgehead atoms. The first kappa shape index (κ1) is 23.1. The number of hydrogen-bond acceptors (Lipinski definition) is 6. The Hall–Kier alpha value is -4.34. The molecule has 37 heavy (non-hydrogen) atoms. The van der Waals surface area contributed by atoms with Crippen molar-refractivity contribution in [1.29, 1.82) is 0 Å². The molecule has 0 saturated carbocycles. The Bertz CT molecular complexity index is 1500. The van der Waals surface area contributed by atoms with Gasteiger partial charge in [0.15, 0.2) is 5.66 Å². The predicted molar refractivity (Wildman–Crippen MR) is 134 cm³/mol. The van der Waals surface area contributed by atoms with Crippen molar-refractivity contribution in [3.63, 3.8) is 0 Å². The van der Waals surface area contributed by atoms with Gasteiger partial charge in [0, 0.05) is 48.2 Å². The van der Waals surface area contributed by atoms with Crippen molar-refractivity contribution in [3.05, 3.63) is 77.7 Å². The lowest BCUT2D eigenvalue weighted by Crippen LogP contribution is -2.60. The van der Waals surface area contributed by atoms with Gasteiger partial charge in [0.25, 0.3) is 11.8 Å². The predicted octanol–water partition coefficient (Wildman–Crippen LogP) is 3.70.